The molecule has 1 aliphatic carbocycles. The summed E-state index contributed by atoms with van der Waals surface area (Å²) in [5.74, 6) is 1.44. The van der Waals surface area contributed by atoms with E-state index in [0.29, 0.717) is 24.6 Å². The standard InChI is InChI=1S/C25H32N2O4S/c1-25(2,3)32(30)26-21-10-11-27(24(28)29)22-9-8-16(14-20(21)22)12-17-13-18-6-5-7-23(31-4)19(18)15-17/h5-9,14,17,21,26H,10-13,15H2,1-4H3,(H,28,29)/t17?,21-,32?/m1/s1. The van der Waals surface area contributed by atoms with Crippen LogP contribution < -0.4 is 14.4 Å². The molecule has 0 radical (unpaired) electrons. The summed E-state index contributed by atoms with van der Waals surface area (Å²) in [5.41, 5.74) is 5.44. The number of methoxy groups -OCH3 is 1. The van der Waals surface area contributed by atoms with Crippen LogP contribution in [0.25, 0.3) is 0 Å². The highest BCUT2D eigenvalue weighted by molar-refractivity contribution is 7.84. The summed E-state index contributed by atoms with van der Waals surface area (Å²) in [4.78, 5) is 13.2. The third-order valence-electron chi connectivity index (χ3n) is 6.41. The summed E-state index contributed by atoms with van der Waals surface area (Å²) < 4.78 is 21.2. The fourth-order valence-electron chi connectivity index (χ4n) is 4.79. The smallest absolute Gasteiger partial charge is 0.411 e. The normalized spacial score (nSPS) is 21.1. The third kappa shape index (κ3) is 4.55. The van der Waals surface area contributed by atoms with Gasteiger partial charge in [0.15, 0.2) is 0 Å². The predicted molar refractivity (Wildman–Crippen MR) is 128 cm³/mol. The van der Waals surface area contributed by atoms with Gasteiger partial charge in [-0.15, -0.1) is 0 Å². The SMILES string of the molecule is COc1cccc2c1CC(Cc1ccc3c(c1)[C@H](NS(=O)C(C)(C)C)CCN3C(=O)O)C2. The molecule has 32 heavy (non-hydrogen) atoms. The number of nitrogens with zero attached hydrogens (tertiary/aromatic N) is 1. The van der Waals surface area contributed by atoms with E-state index in [9.17, 15) is 14.1 Å². The van der Waals surface area contributed by atoms with Crippen molar-refractivity contribution in [1.82, 2.24) is 4.72 Å². The largest absolute Gasteiger partial charge is 0.496 e. The molecule has 2 aromatic rings. The van der Waals surface area contributed by atoms with Gasteiger partial charge >= 0.3 is 6.09 Å². The van der Waals surface area contributed by atoms with Gasteiger partial charge in [0, 0.05) is 12.6 Å². The number of hydrogen-bond donors (Lipinski definition) is 2. The van der Waals surface area contributed by atoms with Crippen molar-refractivity contribution in [3.8, 4) is 5.75 Å². The average Bonchev–Trinajstić information content (AvgIpc) is 3.15. The van der Waals surface area contributed by atoms with Gasteiger partial charge in [0.05, 0.1) is 28.5 Å². The number of anilines is 1. The van der Waals surface area contributed by atoms with E-state index in [4.69, 9.17) is 4.74 Å². The molecule has 0 spiro atoms. The van der Waals surface area contributed by atoms with Crippen LogP contribution in [0.15, 0.2) is 36.4 Å². The zero-order valence-electron chi connectivity index (χ0n) is 19.2. The number of carbonyl (C=O) groups is 1. The highest BCUT2D eigenvalue weighted by atomic mass is 32.2. The lowest BCUT2D eigenvalue weighted by atomic mass is 9.91. The second kappa shape index (κ2) is 8.87. The number of ether oxygens (including phenoxy) is 1. The van der Waals surface area contributed by atoms with E-state index in [1.807, 2.05) is 45.0 Å². The molecule has 172 valence electrons. The summed E-state index contributed by atoms with van der Waals surface area (Å²) in [5, 5.41) is 9.66. The van der Waals surface area contributed by atoms with Crippen molar-refractivity contribution in [3.63, 3.8) is 0 Å². The van der Waals surface area contributed by atoms with Crippen LogP contribution in [0, 0.1) is 5.92 Å². The van der Waals surface area contributed by atoms with Crippen LogP contribution in [-0.2, 0) is 30.2 Å². The lowest BCUT2D eigenvalue weighted by Gasteiger charge is -2.34. The predicted octanol–water partition coefficient (Wildman–Crippen LogP) is 4.63. The van der Waals surface area contributed by atoms with Gasteiger partial charge in [-0.05, 0) is 86.8 Å². The maximum Gasteiger partial charge on any atom is 0.411 e. The first kappa shape index (κ1) is 22.8. The molecule has 3 atom stereocenters. The molecule has 4 rings (SSSR count). The van der Waals surface area contributed by atoms with E-state index >= 15 is 0 Å². The Balaban J connectivity index is 1.58. The first-order valence-electron chi connectivity index (χ1n) is 11.1. The van der Waals surface area contributed by atoms with Crippen LogP contribution in [0.3, 0.4) is 0 Å². The topological polar surface area (TPSA) is 78.9 Å². The lowest BCUT2D eigenvalue weighted by molar-refractivity contribution is 0.201. The average molecular weight is 457 g/mol. The minimum absolute atomic E-state index is 0.138. The Labute approximate surface area is 192 Å². The van der Waals surface area contributed by atoms with Crippen LogP contribution in [0.2, 0.25) is 0 Å². The van der Waals surface area contributed by atoms with Crippen molar-refractivity contribution in [2.24, 2.45) is 5.92 Å². The second-order valence-electron chi connectivity index (χ2n) is 9.74. The van der Waals surface area contributed by atoms with E-state index in [2.05, 4.69) is 16.9 Å². The summed E-state index contributed by atoms with van der Waals surface area (Å²) in [6.45, 7) is 6.20. The molecule has 0 fully saturated rings. The first-order valence-corrected chi connectivity index (χ1v) is 12.3. The van der Waals surface area contributed by atoms with Crippen molar-refractivity contribution >= 4 is 22.8 Å². The summed E-state index contributed by atoms with van der Waals surface area (Å²) >= 11 is 0. The van der Waals surface area contributed by atoms with Gasteiger partial charge in [-0.25, -0.2) is 13.7 Å². The van der Waals surface area contributed by atoms with Gasteiger partial charge < -0.3 is 9.84 Å². The Bertz CT molecular complexity index is 1050. The van der Waals surface area contributed by atoms with E-state index in [1.165, 1.54) is 21.6 Å². The Hall–Kier alpha value is -2.38. The number of carboxylic acid groups (broad SMARTS) is 1. The number of fused-ring (bicyclic) bond motifs is 2. The van der Waals surface area contributed by atoms with Crippen molar-refractivity contribution in [2.45, 2.75) is 57.2 Å². The molecular weight excluding hydrogens is 424 g/mol. The van der Waals surface area contributed by atoms with Crippen LogP contribution in [0.5, 0.6) is 5.75 Å². The van der Waals surface area contributed by atoms with Gasteiger partial charge in [-0.1, -0.05) is 24.3 Å². The maximum absolute atomic E-state index is 12.8. The fraction of sp³-hybridized carbons (Fsp3) is 0.480. The fourth-order valence-corrected chi connectivity index (χ4v) is 5.65. The van der Waals surface area contributed by atoms with E-state index in [-0.39, 0.29) is 6.04 Å². The van der Waals surface area contributed by atoms with Crippen molar-refractivity contribution in [3.05, 3.63) is 58.7 Å². The Kier molecular flexibility index (Phi) is 6.32. The molecule has 0 saturated heterocycles. The number of nitrogens with one attached hydrogen (secondary N) is 1. The van der Waals surface area contributed by atoms with Crippen LogP contribution in [-0.4, -0.2) is 33.8 Å². The van der Waals surface area contributed by atoms with E-state index < -0.39 is 21.8 Å². The number of benzene rings is 2. The molecule has 2 aliphatic rings. The number of hydrogen-bond acceptors (Lipinski definition) is 3. The van der Waals surface area contributed by atoms with Gasteiger partial charge in [0.25, 0.3) is 0 Å². The molecule has 1 aliphatic heterocycles. The number of rotatable bonds is 5. The Morgan fingerprint density at radius 2 is 2.03 bits per heavy atom. The third-order valence-corrected chi connectivity index (χ3v) is 8.02. The minimum atomic E-state index is -1.24. The molecule has 0 aromatic heterocycles. The van der Waals surface area contributed by atoms with E-state index in [0.717, 1.165) is 30.6 Å². The molecule has 7 heteroatoms. The van der Waals surface area contributed by atoms with E-state index in [1.54, 1.807) is 7.11 Å². The quantitative estimate of drug-likeness (QED) is 0.687. The van der Waals surface area contributed by atoms with Crippen LogP contribution in [0.4, 0.5) is 10.5 Å². The van der Waals surface area contributed by atoms with Gasteiger partial charge in [0.2, 0.25) is 0 Å². The van der Waals surface area contributed by atoms with Crippen molar-refractivity contribution in [2.75, 3.05) is 18.6 Å². The zero-order valence-corrected chi connectivity index (χ0v) is 20.0. The molecule has 2 N–H and O–H groups in total. The molecule has 2 unspecified atom stereocenters. The van der Waals surface area contributed by atoms with Crippen LogP contribution >= 0.6 is 0 Å². The summed E-state index contributed by atoms with van der Waals surface area (Å²) in [6, 6.07) is 12.2. The van der Waals surface area contributed by atoms with Crippen molar-refractivity contribution < 1.29 is 18.8 Å². The molecule has 0 bridgehead atoms. The monoisotopic (exact) mass is 456 g/mol. The molecular formula is C25H32N2O4S. The van der Waals surface area contributed by atoms with Gasteiger partial charge in [0.1, 0.15) is 5.75 Å². The Morgan fingerprint density at radius 1 is 1.25 bits per heavy atom. The van der Waals surface area contributed by atoms with Gasteiger partial charge in [-0.2, -0.15) is 0 Å². The molecule has 0 saturated carbocycles. The highest BCUT2D eigenvalue weighted by Gasteiger charge is 2.32. The Morgan fingerprint density at radius 3 is 2.72 bits per heavy atom. The number of amides is 1. The molecule has 1 heterocycles. The maximum atomic E-state index is 12.8. The van der Waals surface area contributed by atoms with Gasteiger partial charge in [-0.3, -0.25) is 4.90 Å². The zero-order chi connectivity index (χ0) is 23.0. The summed E-state index contributed by atoms with van der Waals surface area (Å²) in [7, 11) is 0.482. The van der Waals surface area contributed by atoms with Crippen molar-refractivity contribution in [1.29, 1.82) is 0 Å². The van der Waals surface area contributed by atoms with Crippen LogP contribution in [0.1, 0.15) is 55.5 Å². The molecule has 1 amide bonds. The first-order chi connectivity index (χ1) is 15.2. The summed E-state index contributed by atoms with van der Waals surface area (Å²) in [6.07, 6.45) is 2.55. The molecule has 6 nitrogen and oxygen atoms in total. The second-order valence-corrected chi connectivity index (χ2v) is 11.7. The highest BCUT2D eigenvalue weighted by Crippen LogP contribution is 2.38. The minimum Gasteiger partial charge on any atom is -0.496 e. The molecule has 2 aromatic carbocycles. The lowest BCUT2D eigenvalue weighted by Crippen LogP contribution is -2.42.